The molecule has 6 nitrogen and oxygen atoms in total. The van der Waals surface area contributed by atoms with E-state index in [-0.39, 0.29) is 10.8 Å². The van der Waals surface area contributed by atoms with Crippen molar-refractivity contribution in [2.75, 3.05) is 25.4 Å². The fourth-order valence-electron chi connectivity index (χ4n) is 2.83. The molecule has 2 heterocycles. The first kappa shape index (κ1) is 18.0. The first-order valence-electron chi connectivity index (χ1n) is 8.18. The van der Waals surface area contributed by atoms with Gasteiger partial charge < -0.3 is 10.2 Å². The van der Waals surface area contributed by atoms with Crippen LogP contribution in [0.3, 0.4) is 0 Å². The van der Waals surface area contributed by atoms with Gasteiger partial charge in [0.05, 0.1) is 0 Å². The van der Waals surface area contributed by atoms with Crippen molar-refractivity contribution in [2.24, 2.45) is 7.05 Å². The quantitative estimate of drug-likeness (QED) is 0.910. The third-order valence-electron chi connectivity index (χ3n) is 4.31. The maximum Gasteiger partial charge on any atom is 0.317 e. The summed E-state index contributed by atoms with van der Waals surface area (Å²) in [6, 6.07) is 2.02. The number of nitrogens with one attached hydrogen (secondary N) is 1. The Morgan fingerprint density at radius 2 is 2.04 bits per heavy atom. The van der Waals surface area contributed by atoms with Crippen LogP contribution in [0.4, 0.5) is 4.79 Å². The summed E-state index contributed by atoms with van der Waals surface area (Å²) in [5.41, 5.74) is 1.24. The third kappa shape index (κ3) is 4.80. The average Bonchev–Trinajstić information content (AvgIpc) is 2.92. The summed E-state index contributed by atoms with van der Waals surface area (Å²) in [5.74, 6) is 0.973. The Hall–Kier alpha value is -1.37. The molecule has 1 aliphatic heterocycles. The van der Waals surface area contributed by atoms with Crippen LogP contribution in [0, 0.1) is 0 Å². The molecule has 1 atom stereocenters. The first-order valence-corrected chi connectivity index (χ1v) is 9.50. The lowest BCUT2D eigenvalue weighted by Gasteiger charge is -2.32. The second kappa shape index (κ2) is 7.47. The van der Waals surface area contributed by atoms with Gasteiger partial charge in [0.2, 0.25) is 0 Å². The van der Waals surface area contributed by atoms with Gasteiger partial charge in [0.15, 0.2) is 0 Å². The van der Waals surface area contributed by atoms with Gasteiger partial charge in [-0.2, -0.15) is 5.10 Å². The van der Waals surface area contributed by atoms with Gasteiger partial charge in [0, 0.05) is 65.8 Å². The highest BCUT2D eigenvalue weighted by atomic mass is 32.2. The minimum Gasteiger partial charge on any atom is -0.337 e. The maximum atomic E-state index is 12.2. The summed E-state index contributed by atoms with van der Waals surface area (Å²) in [7, 11) is 1.03. The number of likely N-dealkylation sites (tertiary alicyclic amines) is 1. The number of hydrogen-bond donors (Lipinski definition) is 1. The van der Waals surface area contributed by atoms with Gasteiger partial charge in [-0.3, -0.25) is 8.89 Å². The molecule has 130 valence electrons. The molecule has 2 rings (SSSR count). The number of rotatable bonds is 4. The fourth-order valence-corrected chi connectivity index (χ4v) is 3.73. The van der Waals surface area contributed by atoms with Gasteiger partial charge in [-0.15, -0.1) is 0 Å². The largest absolute Gasteiger partial charge is 0.337 e. The Morgan fingerprint density at radius 3 is 2.57 bits per heavy atom. The summed E-state index contributed by atoms with van der Waals surface area (Å²) in [6.45, 7) is 7.83. The van der Waals surface area contributed by atoms with Gasteiger partial charge in [-0.25, -0.2) is 4.79 Å². The number of nitrogens with zero attached hydrogens (tertiary/aromatic N) is 3. The number of carbonyl (C=O) groups excluding carboxylic acids is 1. The number of piperidine rings is 1. The minimum atomic E-state index is -0.930. The lowest BCUT2D eigenvalue weighted by Crippen LogP contribution is -2.45. The van der Waals surface area contributed by atoms with Gasteiger partial charge >= 0.3 is 6.03 Å². The maximum absolute atomic E-state index is 12.2. The van der Waals surface area contributed by atoms with Crippen LogP contribution in [0.1, 0.15) is 45.2 Å². The van der Waals surface area contributed by atoms with Crippen LogP contribution < -0.4 is 5.32 Å². The highest BCUT2D eigenvalue weighted by molar-refractivity contribution is 7.86. The molecule has 0 saturated carbocycles. The van der Waals surface area contributed by atoms with E-state index in [1.54, 1.807) is 0 Å². The Morgan fingerprint density at radius 1 is 1.39 bits per heavy atom. The van der Waals surface area contributed by atoms with Gasteiger partial charge in [0.25, 0.3) is 0 Å². The van der Waals surface area contributed by atoms with Crippen LogP contribution in [0.2, 0.25) is 0 Å². The Bertz CT molecular complexity index is 557. The number of aromatic nitrogens is 2. The van der Waals surface area contributed by atoms with E-state index in [0.29, 0.717) is 18.2 Å². The van der Waals surface area contributed by atoms with Crippen molar-refractivity contribution in [3.8, 4) is 0 Å². The molecule has 23 heavy (non-hydrogen) atoms. The molecule has 1 saturated heterocycles. The smallest absolute Gasteiger partial charge is 0.317 e. The summed E-state index contributed by atoms with van der Waals surface area (Å²) in [5, 5.41) is 7.11. The zero-order valence-corrected chi connectivity index (χ0v) is 15.4. The molecule has 0 spiro atoms. The van der Waals surface area contributed by atoms with Crippen molar-refractivity contribution >= 4 is 16.8 Å². The number of carbonyl (C=O) groups is 1. The minimum absolute atomic E-state index is 0.0423. The van der Waals surface area contributed by atoms with E-state index in [9.17, 15) is 9.00 Å². The Kier molecular flexibility index (Phi) is 5.84. The third-order valence-corrected chi connectivity index (χ3v) is 6.25. The SMILES string of the molecule is Cn1nccc1C1CCN(C(=O)NCC[S@](=O)C(C)(C)C)CC1. The van der Waals surface area contributed by atoms with Gasteiger partial charge in [-0.1, -0.05) is 0 Å². The zero-order chi connectivity index (χ0) is 17.0. The number of aryl methyl sites for hydroxylation is 1. The van der Waals surface area contributed by atoms with Crippen molar-refractivity contribution < 1.29 is 9.00 Å². The van der Waals surface area contributed by atoms with Crippen LogP contribution >= 0.6 is 0 Å². The summed E-state index contributed by atoms with van der Waals surface area (Å²) >= 11 is 0. The average molecular weight is 340 g/mol. The van der Waals surface area contributed by atoms with E-state index in [4.69, 9.17) is 0 Å². The normalized spacial score (nSPS) is 18.0. The zero-order valence-electron chi connectivity index (χ0n) is 14.5. The molecule has 0 aromatic carbocycles. The van der Waals surface area contributed by atoms with Crippen molar-refractivity contribution in [1.82, 2.24) is 20.0 Å². The number of amides is 2. The molecule has 1 fully saturated rings. The fraction of sp³-hybridized carbons (Fsp3) is 0.750. The van der Waals surface area contributed by atoms with Crippen molar-refractivity contribution in [1.29, 1.82) is 0 Å². The Labute approximate surface area is 141 Å². The molecule has 0 bridgehead atoms. The molecule has 1 aromatic heterocycles. The van der Waals surface area contributed by atoms with E-state index in [1.165, 1.54) is 5.69 Å². The van der Waals surface area contributed by atoms with Gasteiger partial charge in [0.1, 0.15) is 0 Å². The van der Waals surface area contributed by atoms with Gasteiger partial charge in [-0.05, 0) is 39.7 Å². The van der Waals surface area contributed by atoms with Crippen molar-refractivity contribution in [2.45, 2.75) is 44.3 Å². The van der Waals surface area contributed by atoms with Crippen LogP contribution in [0.15, 0.2) is 12.3 Å². The van der Waals surface area contributed by atoms with Crippen LogP contribution in [-0.2, 0) is 17.8 Å². The van der Waals surface area contributed by atoms with Crippen LogP contribution in [0.25, 0.3) is 0 Å². The standard InChI is InChI=1S/C16H28N4O2S/c1-16(2,3)23(22)12-9-17-15(21)20-10-6-13(7-11-20)14-5-8-18-19(14)4/h5,8,13H,6-7,9-12H2,1-4H3,(H,17,21)/t23-/m0/s1. The molecule has 0 aliphatic carbocycles. The van der Waals surface area contributed by atoms with E-state index in [1.807, 2.05) is 43.6 Å². The van der Waals surface area contributed by atoms with Crippen LogP contribution in [-0.4, -0.2) is 55.1 Å². The predicted octanol–water partition coefficient (Wildman–Crippen LogP) is 1.86. The van der Waals surface area contributed by atoms with E-state index in [2.05, 4.69) is 16.5 Å². The molecule has 7 heteroatoms. The molecule has 0 radical (unpaired) electrons. The molecule has 1 aromatic rings. The lowest BCUT2D eigenvalue weighted by molar-refractivity contribution is 0.181. The lowest BCUT2D eigenvalue weighted by atomic mass is 9.93. The molecule has 1 aliphatic rings. The topological polar surface area (TPSA) is 67.2 Å². The highest BCUT2D eigenvalue weighted by Crippen LogP contribution is 2.27. The molecule has 1 N–H and O–H groups in total. The predicted molar refractivity (Wildman–Crippen MR) is 92.9 cm³/mol. The molecular formula is C16H28N4O2S. The molecular weight excluding hydrogens is 312 g/mol. The monoisotopic (exact) mass is 340 g/mol. The summed E-state index contributed by atoms with van der Waals surface area (Å²) in [6.07, 6.45) is 3.74. The summed E-state index contributed by atoms with van der Waals surface area (Å²) < 4.78 is 13.7. The van der Waals surface area contributed by atoms with Crippen LogP contribution in [0.5, 0.6) is 0 Å². The summed E-state index contributed by atoms with van der Waals surface area (Å²) in [4.78, 5) is 14.0. The highest BCUT2D eigenvalue weighted by Gasteiger charge is 2.25. The van der Waals surface area contributed by atoms with E-state index < -0.39 is 10.8 Å². The van der Waals surface area contributed by atoms with Crippen molar-refractivity contribution in [3.05, 3.63) is 18.0 Å². The molecule has 0 unspecified atom stereocenters. The van der Waals surface area contributed by atoms with E-state index >= 15 is 0 Å². The van der Waals surface area contributed by atoms with Crippen molar-refractivity contribution in [3.63, 3.8) is 0 Å². The Balaban J connectivity index is 1.74. The number of urea groups is 1. The second-order valence-corrected chi connectivity index (χ2v) is 9.36. The second-order valence-electron chi connectivity index (χ2n) is 7.03. The van der Waals surface area contributed by atoms with E-state index in [0.717, 1.165) is 25.9 Å². The number of hydrogen-bond acceptors (Lipinski definition) is 3. The first-order chi connectivity index (χ1) is 10.8. The molecule has 2 amide bonds.